The van der Waals surface area contributed by atoms with Crippen LogP contribution in [0.5, 0.6) is 0 Å². The predicted octanol–water partition coefficient (Wildman–Crippen LogP) is 2.12. The predicted molar refractivity (Wildman–Crippen MR) is 122 cm³/mol. The van der Waals surface area contributed by atoms with Gasteiger partial charge in [-0.15, -0.1) is 11.3 Å². The Labute approximate surface area is 189 Å². The summed E-state index contributed by atoms with van der Waals surface area (Å²) in [4.78, 5) is 35.0. The quantitative estimate of drug-likeness (QED) is 0.485. The Balaban J connectivity index is 1.52. The Morgan fingerprint density at radius 1 is 1.22 bits per heavy atom. The molecule has 0 saturated carbocycles. The minimum Gasteiger partial charge on any atom is -0.381 e. The summed E-state index contributed by atoms with van der Waals surface area (Å²) < 4.78 is 7.23. The van der Waals surface area contributed by atoms with Crippen molar-refractivity contribution in [3.63, 3.8) is 0 Å². The molecule has 0 aliphatic carbocycles. The monoisotopic (exact) mass is 457 g/mol. The van der Waals surface area contributed by atoms with Crippen molar-refractivity contribution in [1.82, 2.24) is 30.6 Å². The van der Waals surface area contributed by atoms with E-state index in [2.05, 4.69) is 31.2 Å². The van der Waals surface area contributed by atoms with E-state index in [1.807, 2.05) is 20.8 Å². The van der Waals surface area contributed by atoms with Gasteiger partial charge < -0.3 is 10.1 Å². The van der Waals surface area contributed by atoms with Crippen LogP contribution in [-0.4, -0.2) is 50.8 Å². The number of carbonyl (C=O) groups excluding carboxylic acids is 2. The van der Waals surface area contributed by atoms with Gasteiger partial charge in [0.05, 0.1) is 40.0 Å². The highest BCUT2D eigenvalue weighted by molar-refractivity contribution is 7.11. The fourth-order valence-electron chi connectivity index (χ4n) is 3.75. The van der Waals surface area contributed by atoms with Crippen LogP contribution in [0.1, 0.15) is 45.7 Å². The number of aryl methyl sites for hydroxylation is 3. The summed E-state index contributed by atoms with van der Waals surface area (Å²) in [7, 11) is 0. The van der Waals surface area contributed by atoms with E-state index in [-0.39, 0.29) is 18.4 Å². The fourth-order valence-corrected chi connectivity index (χ4v) is 4.69. The SMILES string of the molecule is CCn1ncc2c(NC3CCOCC3)c(C(=O)NNC(=O)Cc3sc(C)nc3C)cnc21. The zero-order valence-corrected chi connectivity index (χ0v) is 19.2. The maximum absolute atomic E-state index is 13.0. The number of carbonyl (C=O) groups is 2. The number of fused-ring (bicyclic) bond motifs is 1. The molecule has 0 spiro atoms. The largest absolute Gasteiger partial charge is 0.381 e. The maximum Gasteiger partial charge on any atom is 0.273 e. The molecule has 4 rings (SSSR count). The lowest BCUT2D eigenvalue weighted by molar-refractivity contribution is -0.121. The highest BCUT2D eigenvalue weighted by atomic mass is 32.1. The molecule has 1 aliphatic rings. The van der Waals surface area contributed by atoms with Crippen molar-refractivity contribution in [3.8, 4) is 0 Å². The highest BCUT2D eigenvalue weighted by Gasteiger charge is 2.22. The summed E-state index contributed by atoms with van der Waals surface area (Å²) in [5.74, 6) is -0.749. The maximum atomic E-state index is 13.0. The third kappa shape index (κ3) is 4.73. The van der Waals surface area contributed by atoms with Crippen LogP contribution in [0.2, 0.25) is 0 Å². The first-order valence-corrected chi connectivity index (χ1v) is 11.5. The average Bonchev–Trinajstić information content (AvgIpc) is 3.35. The molecule has 0 unspecified atom stereocenters. The van der Waals surface area contributed by atoms with Gasteiger partial charge in [-0.05, 0) is 33.6 Å². The molecule has 11 heteroatoms. The van der Waals surface area contributed by atoms with Crippen molar-refractivity contribution in [2.45, 2.75) is 52.6 Å². The Morgan fingerprint density at radius 3 is 2.69 bits per heavy atom. The number of anilines is 1. The molecule has 4 heterocycles. The lowest BCUT2D eigenvalue weighted by atomic mass is 10.1. The Hall–Kier alpha value is -3.05. The molecule has 3 aromatic rings. The lowest BCUT2D eigenvalue weighted by Crippen LogP contribution is -2.42. The molecule has 1 saturated heterocycles. The van der Waals surface area contributed by atoms with Gasteiger partial charge in [-0.2, -0.15) is 5.10 Å². The minimum atomic E-state index is -0.441. The zero-order valence-electron chi connectivity index (χ0n) is 18.4. The summed E-state index contributed by atoms with van der Waals surface area (Å²) in [6, 6.07) is 0.179. The summed E-state index contributed by atoms with van der Waals surface area (Å²) >= 11 is 1.48. The van der Waals surface area contributed by atoms with Gasteiger partial charge in [-0.3, -0.25) is 20.4 Å². The first-order valence-electron chi connectivity index (χ1n) is 10.7. The van der Waals surface area contributed by atoms with Crippen LogP contribution in [-0.2, 0) is 22.5 Å². The minimum absolute atomic E-state index is 0.158. The van der Waals surface area contributed by atoms with E-state index >= 15 is 0 Å². The first-order chi connectivity index (χ1) is 15.5. The van der Waals surface area contributed by atoms with Crippen molar-refractivity contribution < 1.29 is 14.3 Å². The number of thiazole rings is 1. The van der Waals surface area contributed by atoms with Crippen LogP contribution in [0.15, 0.2) is 12.4 Å². The number of hydrogen-bond donors (Lipinski definition) is 3. The average molecular weight is 458 g/mol. The van der Waals surface area contributed by atoms with Crippen molar-refractivity contribution in [2.24, 2.45) is 0 Å². The van der Waals surface area contributed by atoms with E-state index in [0.717, 1.165) is 33.8 Å². The number of pyridine rings is 1. The summed E-state index contributed by atoms with van der Waals surface area (Å²) in [6.45, 7) is 7.78. The van der Waals surface area contributed by atoms with E-state index in [1.165, 1.54) is 17.5 Å². The van der Waals surface area contributed by atoms with E-state index in [0.29, 0.717) is 36.7 Å². The van der Waals surface area contributed by atoms with Crippen molar-refractivity contribution in [1.29, 1.82) is 0 Å². The molecule has 0 aromatic carbocycles. The fraction of sp³-hybridized carbons (Fsp3) is 0.476. The van der Waals surface area contributed by atoms with Crippen LogP contribution >= 0.6 is 11.3 Å². The molecule has 3 N–H and O–H groups in total. The summed E-state index contributed by atoms with van der Waals surface area (Å²) in [6.07, 6.45) is 5.09. The smallest absolute Gasteiger partial charge is 0.273 e. The molecule has 32 heavy (non-hydrogen) atoms. The van der Waals surface area contributed by atoms with E-state index in [9.17, 15) is 9.59 Å². The van der Waals surface area contributed by atoms with Gasteiger partial charge in [0.1, 0.15) is 0 Å². The number of nitrogens with one attached hydrogen (secondary N) is 3. The van der Waals surface area contributed by atoms with Gasteiger partial charge in [-0.1, -0.05) is 0 Å². The van der Waals surface area contributed by atoms with Gasteiger partial charge in [0.2, 0.25) is 5.91 Å². The molecule has 10 nitrogen and oxygen atoms in total. The molecule has 2 amide bonds. The number of amides is 2. The molecule has 3 aromatic heterocycles. The standard InChI is InChI=1S/C21H27N7O3S/c1-4-28-20-15(11-23-28)19(25-14-5-7-31-8-6-14)16(10-22-20)21(30)27-26-18(29)9-17-12(2)24-13(3)32-17/h10-11,14H,4-9H2,1-3H3,(H,22,25)(H,26,29)(H,27,30). The third-order valence-corrected chi connectivity index (χ3v) is 6.49. The highest BCUT2D eigenvalue weighted by Crippen LogP contribution is 2.28. The molecule has 1 fully saturated rings. The second kappa shape index (κ2) is 9.61. The van der Waals surface area contributed by atoms with E-state index in [4.69, 9.17) is 4.74 Å². The molecule has 0 atom stereocenters. The number of rotatable bonds is 6. The lowest BCUT2D eigenvalue weighted by Gasteiger charge is -2.25. The molecule has 1 aliphatic heterocycles. The van der Waals surface area contributed by atoms with Crippen LogP contribution in [0.25, 0.3) is 11.0 Å². The van der Waals surface area contributed by atoms with Crippen LogP contribution in [0.3, 0.4) is 0 Å². The van der Waals surface area contributed by atoms with E-state index < -0.39 is 5.91 Å². The number of aromatic nitrogens is 4. The normalized spacial score (nSPS) is 14.5. The molecule has 0 bridgehead atoms. The van der Waals surface area contributed by atoms with Crippen molar-refractivity contribution in [2.75, 3.05) is 18.5 Å². The topological polar surface area (TPSA) is 123 Å². The van der Waals surface area contributed by atoms with Crippen LogP contribution < -0.4 is 16.2 Å². The van der Waals surface area contributed by atoms with Gasteiger partial charge >= 0.3 is 0 Å². The van der Waals surface area contributed by atoms with Gasteiger partial charge in [0.15, 0.2) is 5.65 Å². The van der Waals surface area contributed by atoms with Crippen LogP contribution in [0.4, 0.5) is 5.69 Å². The molecular weight excluding hydrogens is 430 g/mol. The van der Waals surface area contributed by atoms with Crippen molar-refractivity contribution >= 4 is 39.9 Å². The Kier molecular flexibility index (Phi) is 6.66. The summed E-state index contributed by atoms with van der Waals surface area (Å²) in [5.41, 5.74) is 7.59. The van der Waals surface area contributed by atoms with Gasteiger partial charge in [0.25, 0.3) is 5.91 Å². The number of hydrazine groups is 1. The van der Waals surface area contributed by atoms with Crippen molar-refractivity contribution in [3.05, 3.63) is 33.5 Å². The molecular formula is C21H27N7O3S. The molecule has 0 radical (unpaired) electrons. The Morgan fingerprint density at radius 2 is 2.00 bits per heavy atom. The zero-order chi connectivity index (χ0) is 22.7. The second-order valence-corrected chi connectivity index (χ2v) is 8.98. The van der Waals surface area contributed by atoms with E-state index in [1.54, 1.807) is 10.9 Å². The number of hydrogen-bond acceptors (Lipinski definition) is 8. The first kappa shape index (κ1) is 22.2. The number of ether oxygens (including phenoxy) is 1. The molecule has 170 valence electrons. The Bertz CT molecular complexity index is 1130. The number of nitrogens with zero attached hydrogens (tertiary/aromatic N) is 4. The van der Waals surface area contributed by atoms with Gasteiger partial charge in [0, 0.05) is 36.9 Å². The summed E-state index contributed by atoms with van der Waals surface area (Å²) in [5, 5.41) is 9.56. The van der Waals surface area contributed by atoms with Crippen LogP contribution in [0, 0.1) is 13.8 Å². The third-order valence-electron chi connectivity index (χ3n) is 5.42. The second-order valence-electron chi connectivity index (χ2n) is 7.70. The van der Waals surface area contributed by atoms with Gasteiger partial charge in [-0.25, -0.2) is 14.6 Å².